The summed E-state index contributed by atoms with van der Waals surface area (Å²) in [5.41, 5.74) is 1.65. The van der Waals surface area contributed by atoms with Gasteiger partial charge in [-0.2, -0.15) is 0 Å². The maximum Gasteiger partial charge on any atom is 0.336 e. The Labute approximate surface area is 159 Å². The first-order valence-electron chi connectivity index (χ1n) is 7.85. The predicted octanol–water partition coefficient (Wildman–Crippen LogP) is 5.30. The summed E-state index contributed by atoms with van der Waals surface area (Å²) in [5.74, 6) is 0.395. The molecule has 1 aromatic carbocycles. The van der Waals surface area contributed by atoms with E-state index in [9.17, 15) is 9.90 Å². The van der Waals surface area contributed by atoms with Gasteiger partial charge in [0.25, 0.3) is 0 Å². The van der Waals surface area contributed by atoms with Crippen LogP contribution in [0.3, 0.4) is 0 Å². The van der Waals surface area contributed by atoms with E-state index >= 15 is 0 Å². The number of hydrogen-bond acceptors (Lipinski definition) is 6. The van der Waals surface area contributed by atoms with Crippen molar-refractivity contribution in [3.8, 4) is 11.5 Å². The van der Waals surface area contributed by atoms with Crippen LogP contribution in [0.2, 0.25) is 5.02 Å². The molecular formula is C18H16ClN3O3S. The number of aryl methyl sites for hydroxylation is 1. The first-order chi connectivity index (χ1) is 12.5. The molecule has 0 fully saturated rings. The van der Waals surface area contributed by atoms with Gasteiger partial charge >= 0.3 is 5.97 Å². The Balaban J connectivity index is 1.91. The molecule has 2 N–H and O–H groups in total. The van der Waals surface area contributed by atoms with E-state index < -0.39 is 5.97 Å². The average molecular weight is 390 g/mol. The third-order valence-corrected chi connectivity index (χ3v) is 4.77. The molecule has 134 valence electrons. The number of aromatic nitrogens is 2. The number of carboxylic acid groups (broad SMARTS) is 1. The van der Waals surface area contributed by atoms with Gasteiger partial charge in [-0.25, -0.2) is 14.8 Å². The van der Waals surface area contributed by atoms with Crippen LogP contribution in [-0.2, 0) is 6.42 Å². The highest BCUT2D eigenvalue weighted by molar-refractivity contribution is 7.13. The number of nitrogens with zero attached hydrogens (tertiary/aromatic N) is 2. The molecule has 26 heavy (non-hydrogen) atoms. The number of carboxylic acids is 1. The van der Waals surface area contributed by atoms with Crippen LogP contribution >= 0.6 is 22.9 Å². The van der Waals surface area contributed by atoms with Gasteiger partial charge in [0, 0.05) is 23.2 Å². The normalized spacial score (nSPS) is 10.6. The molecule has 8 heteroatoms. The molecule has 0 saturated carbocycles. The standard InChI is InChI=1S/C18H16ClN3O3S/c1-3-12-13(17(23)24)4-5-14(19)16(12)25-11-6-7-20-15(8-11)22-18-21-10(2)9-26-18/h4-9H,3H2,1-2H3,(H,23,24)(H,20,21,22). The molecule has 0 aliphatic carbocycles. The molecule has 0 aliphatic heterocycles. The fourth-order valence-corrected chi connectivity index (χ4v) is 3.35. The maximum absolute atomic E-state index is 11.4. The number of rotatable bonds is 6. The molecule has 0 atom stereocenters. The van der Waals surface area contributed by atoms with Crippen molar-refractivity contribution in [3.63, 3.8) is 0 Å². The summed E-state index contributed by atoms with van der Waals surface area (Å²) < 4.78 is 5.91. The Morgan fingerprint density at radius 2 is 2.19 bits per heavy atom. The Hall–Kier alpha value is -2.64. The van der Waals surface area contributed by atoms with Gasteiger partial charge in [0.05, 0.1) is 16.3 Å². The van der Waals surface area contributed by atoms with E-state index in [0.29, 0.717) is 34.3 Å². The average Bonchev–Trinajstić information content (AvgIpc) is 3.01. The molecule has 2 heterocycles. The van der Waals surface area contributed by atoms with Crippen LogP contribution in [0.25, 0.3) is 0 Å². The second-order valence-electron chi connectivity index (χ2n) is 5.46. The lowest BCUT2D eigenvalue weighted by Crippen LogP contribution is -2.04. The molecule has 0 radical (unpaired) electrons. The van der Waals surface area contributed by atoms with Gasteiger partial charge in [0.1, 0.15) is 17.3 Å². The second kappa shape index (κ2) is 7.72. The van der Waals surface area contributed by atoms with E-state index in [1.807, 2.05) is 19.2 Å². The van der Waals surface area contributed by atoms with Crippen LogP contribution in [0.5, 0.6) is 11.5 Å². The highest BCUT2D eigenvalue weighted by Crippen LogP contribution is 2.36. The summed E-state index contributed by atoms with van der Waals surface area (Å²) in [5, 5.41) is 15.5. The smallest absolute Gasteiger partial charge is 0.336 e. The number of pyridine rings is 1. The summed E-state index contributed by atoms with van der Waals surface area (Å²) in [6, 6.07) is 6.40. The highest BCUT2D eigenvalue weighted by atomic mass is 35.5. The largest absolute Gasteiger partial charge is 0.478 e. The van der Waals surface area contributed by atoms with E-state index in [4.69, 9.17) is 16.3 Å². The Kier molecular flexibility index (Phi) is 5.39. The minimum atomic E-state index is -1.01. The fourth-order valence-electron chi connectivity index (χ4n) is 2.44. The molecule has 0 unspecified atom stereocenters. The SMILES string of the molecule is CCc1c(C(=O)O)ccc(Cl)c1Oc1ccnc(Nc2nc(C)cs2)c1. The molecule has 0 bridgehead atoms. The van der Waals surface area contributed by atoms with Crippen molar-refractivity contribution >= 4 is 39.9 Å². The van der Waals surface area contributed by atoms with Crippen LogP contribution in [0.15, 0.2) is 35.8 Å². The Morgan fingerprint density at radius 1 is 1.38 bits per heavy atom. The van der Waals surface area contributed by atoms with E-state index in [1.165, 1.54) is 23.5 Å². The molecule has 3 aromatic rings. The number of benzene rings is 1. The lowest BCUT2D eigenvalue weighted by molar-refractivity contribution is 0.0695. The van der Waals surface area contributed by atoms with Crippen molar-refractivity contribution < 1.29 is 14.6 Å². The lowest BCUT2D eigenvalue weighted by Gasteiger charge is -2.14. The zero-order valence-corrected chi connectivity index (χ0v) is 15.7. The molecule has 0 spiro atoms. The molecule has 2 aromatic heterocycles. The van der Waals surface area contributed by atoms with Crippen molar-refractivity contribution in [2.24, 2.45) is 0 Å². The predicted molar refractivity (Wildman–Crippen MR) is 102 cm³/mol. The van der Waals surface area contributed by atoms with Crippen LogP contribution in [0, 0.1) is 6.92 Å². The number of nitrogens with one attached hydrogen (secondary N) is 1. The maximum atomic E-state index is 11.4. The van der Waals surface area contributed by atoms with Crippen LogP contribution in [-0.4, -0.2) is 21.0 Å². The zero-order valence-electron chi connectivity index (χ0n) is 14.1. The molecule has 0 saturated heterocycles. The summed E-state index contributed by atoms with van der Waals surface area (Å²) in [6.07, 6.45) is 2.07. The summed E-state index contributed by atoms with van der Waals surface area (Å²) >= 11 is 7.73. The highest BCUT2D eigenvalue weighted by Gasteiger charge is 2.18. The third kappa shape index (κ3) is 3.95. The van der Waals surface area contributed by atoms with Gasteiger partial charge < -0.3 is 15.2 Å². The molecule has 0 aliphatic rings. The Bertz CT molecular complexity index is 959. The topological polar surface area (TPSA) is 84.3 Å². The zero-order chi connectivity index (χ0) is 18.7. The van der Waals surface area contributed by atoms with Crippen molar-refractivity contribution in [1.82, 2.24) is 9.97 Å². The third-order valence-electron chi connectivity index (χ3n) is 3.60. The number of hydrogen-bond donors (Lipinski definition) is 2. The number of halogens is 1. The Morgan fingerprint density at radius 3 is 2.85 bits per heavy atom. The van der Waals surface area contributed by atoms with Crippen LogP contribution in [0.4, 0.5) is 10.9 Å². The molecule has 0 amide bonds. The van der Waals surface area contributed by atoms with Crippen molar-refractivity contribution in [2.75, 3.05) is 5.32 Å². The van der Waals surface area contributed by atoms with Gasteiger partial charge in [0.15, 0.2) is 5.13 Å². The minimum absolute atomic E-state index is 0.178. The summed E-state index contributed by atoms with van der Waals surface area (Å²) in [4.78, 5) is 20.0. The first kappa shape index (κ1) is 18.2. The van der Waals surface area contributed by atoms with E-state index in [-0.39, 0.29) is 5.56 Å². The van der Waals surface area contributed by atoms with Crippen molar-refractivity contribution in [1.29, 1.82) is 0 Å². The number of aromatic carboxylic acids is 1. The summed E-state index contributed by atoms with van der Waals surface area (Å²) in [6.45, 7) is 3.77. The summed E-state index contributed by atoms with van der Waals surface area (Å²) in [7, 11) is 0. The van der Waals surface area contributed by atoms with Gasteiger partial charge in [0.2, 0.25) is 0 Å². The van der Waals surface area contributed by atoms with Gasteiger partial charge in [-0.1, -0.05) is 18.5 Å². The van der Waals surface area contributed by atoms with E-state index in [1.54, 1.807) is 18.3 Å². The first-order valence-corrected chi connectivity index (χ1v) is 9.11. The number of ether oxygens (including phenoxy) is 1. The molecule has 6 nitrogen and oxygen atoms in total. The number of carbonyl (C=O) groups is 1. The number of anilines is 2. The second-order valence-corrected chi connectivity index (χ2v) is 6.72. The van der Waals surface area contributed by atoms with E-state index in [0.717, 1.165) is 10.8 Å². The quantitative estimate of drug-likeness (QED) is 0.595. The lowest BCUT2D eigenvalue weighted by atomic mass is 10.0. The molecular weight excluding hydrogens is 374 g/mol. The van der Waals surface area contributed by atoms with Crippen LogP contribution < -0.4 is 10.1 Å². The van der Waals surface area contributed by atoms with Crippen LogP contribution in [0.1, 0.15) is 28.5 Å². The minimum Gasteiger partial charge on any atom is -0.478 e. The number of thiazole rings is 1. The van der Waals surface area contributed by atoms with Gasteiger partial charge in [-0.3, -0.25) is 0 Å². The monoisotopic (exact) mass is 389 g/mol. The van der Waals surface area contributed by atoms with Crippen molar-refractivity contribution in [3.05, 3.63) is 57.7 Å². The van der Waals surface area contributed by atoms with Gasteiger partial charge in [-0.15, -0.1) is 11.3 Å². The van der Waals surface area contributed by atoms with E-state index in [2.05, 4.69) is 15.3 Å². The molecule has 3 rings (SSSR count). The fraction of sp³-hybridized carbons (Fsp3) is 0.167. The van der Waals surface area contributed by atoms with Gasteiger partial charge in [-0.05, 0) is 31.5 Å². The van der Waals surface area contributed by atoms with Crippen molar-refractivity contribution in [2.45, 2.75) is 20.3 Å².